The molecule has 2 aromatic carbocycles. The van der Waals surface area contributed by atoms with Crippen molar-refractivity contribution in [1.29, 1.82) is 0 Å². The normalized spacial score (nSPS) is 16.2. The van der Waals surface area contributed by atoms with Crippen molar-refractivity contribution in [2.24, 2.45) is 0 Å². The van der Waals surface area contributed by atoms with E-state index in [1.54, 1.807) is 31.3 Å². The fourth-order valence-electron chi connectivity index (χ4n) is 3.25. The first kappa shape index (κ1) is 18.1. The van der Waals surface area contributed by atoms with Crippen LogP contribution in [-0.4, -0.2) is 33.9 Å². The van der Waals surface area contributed by atoms with E-state index >= 15 is 0 Å². The third-order valence-corrected chi connectivity index (χ3v) is 4.74. The number of H-pyrrole nitrogens is 2. The van der Waals surface area contributed by atoms with Gasteiger partial charge in [0.1, 0.15) is 5.57 Å². The molecule has 1 aromatic heterocycles. The molecule has 0 aliphatic carbocycles. The minimum atomic E-state index is -0.540. The molecule has 0 bridgehead atoms. The molecule has 9 nitrogen and oxygen atoms in total. The van der Waals surface area contributed by atoms with Gasteiger partial charge in [-0.25, -0.2) is 0 Å². The molecular weight excluding hydrogens is 376 g/mol. The van der Waals surface area contributed by atoms with Gasteiger partial charge < -0.3 is 4.90 Å². The number of benzene rings is 2. The highest BCUT2D eigenvalue weighted by atomic mass is 16.6. The number of carbonyl (C=O) groups is 2. The summed E-state index contributed by atoms with van der Waals surface area (Å²) in [6, 6.07) is 12.3. The highest BCUT2D eigenvalue weighted by molar-refractivity contribution is 6.51. The molecule has 0 saturated carbocycles. The zero-order valence-electron chi connectivity index (χ0n) is 15.1. The van der Waals surface area contributed by atoms with E-state index in [-0.39, 0.29) is 21.8 Å². The molecule has 29 heavy (non-hydrogen) atoms. The number of fused-ring (bicyclic) bond motifs is 1. The molecule has 0 radical (unpaired) electrons. The SMILES string of the molecule is CN1C(=O)/C(=c2\[nH][nH]c(=O)\c2=C/c2ccc([N+](=O)[O-])cc2)C(=O)c2ccccc21. The number of aromatic nitrogens is 2. The number of carbonyl (C=O) groups excluding carboxylic acids is 2. The molecule has 0 fully saturated rings. The molecule has 0 spiro atoms. The van der Waals surface area contributed by atoms with Crippen LogP contribution in [0.25, 0.3) is 11.6 Å². The maximum atomic E-state index is 13.0. The van der Waals surface area contributed by atoms with Gasteiger partial charge in [-0.1, -0.05) is 12.1 Å². The van der Waals surface area contributed by atoms with Crippen LogP contribution >= 0.6 is 0 Å². The van der Waals surface area contributed by atoms with Gasteiger partial charge in [0.05, 0.1) is 21.2 Å². The summed E-state index contributed by atoms with van der Waals surface area (Å²) in [7, 11) is 1.55. The third kappa shape index (κ3) is 2.94. The number of nitro groups is 1. The Balaban J connectivity index is 1.97. The molecular formula is C20H14N4O5. The lowest BCUT2D eigenvalue weighted by atomic mass is 9.95. The smallest absolute Gasteiger partial charge is 0.271 e. The number of amides is 1. The van der Waals surface area contributed by atoms with Crippen molar-refractivity contribution in [2.45, 2.75) is 0 Å². The standard InChI is InChI=1S/C20H14N4O5/c1-23-15-5-3-2-4-13(15)18(25)16(20(23)27)17-14(19(26)22-21-17)10-11-6-8-12(9-7-11)24(28)29/h2-10,21H,1H3,(H,22,26)/b14-10-,17-16-. The Morgan fingerprint density at radius 3 is 2.38 bits per heavy atom. The lowest BCUT2D eigenvalue weighted by molar-refractivity contribution is -0.384. The van der Waals surface area contributed by atoms with E-state index < -0.39 is 22.2 Å². The molecule has 4 rings (SSSR count). The van der Waals surface area contributed by atoms with Gasteiger partial charge in [-0.05, 0) is 35.9 Å². The molecule has 3 aromatic rings. The summed E-state index contributed by atoms with van der Waals surface area (Å²) in [6.45, 7) is 0. The summed E-state index contributed by atoms with van der Waals surface area (Å²) in [5.74, 6) is -1.03. The van der Waals surface area contributed by atoms with Crippen molar-refractivity contribution in [3.05, 3.63) is 90.7 Å². The highest BCUT2D eigenvalue weighted by Crippen LogP contribution is 2.28. The van der Waals surface area contributed by atoms with E-state index in [1.165, 1.54) is 35.2 Å². The largest absolute Gasteiger partial charge is 0.310 e. The van der Waals surface area contributed by atoms with Gasteiger partial charge in [0.15, 0.2) is 0 Å². The molecule has 2 heterocycles. The predicted molar refractivity (Wildman–Crippen MR) is 105 cm³/mol. The van der Waals surface area contributed by atoms with Gasteiger partial charge in [0, 0.05) is 24.7 Å². The molecule has 0 atom stereocenters. The van der Waals surface area contributed by atoms with Crippen LogP contribution in [0.4, 0.5) is 11.4 Å². The van der Waals surface area contributed by atoms with Gasteiger partial charge in [0.25, 0.3) is 17.2 Å². The number of ketones is 1. The van der Waals surface area contributed by atoms with Crippen molar-refractivity contribution < 1.29 is 14.5 Å². The average molecular weight is 390 g/mol. The number of hydrogen-bond acceptors (Lipinski definition) is 5. The van der Waals surface area contributed by atoms with Crippen LogP contribution < -0.4 is 21.0 Å². The Bertz CT molecular complexity index is 1350. The zero-order chi connectivity index (χ0) is 20.7. The van der Waals surface area contributed by atoms with Crippen molar-refractivity contribution in [3.8, 4) is 0 Å². The number of anilines is 1. The maximum Gasteiger partial charge on any atom is 0.271 e. The number of nitrogens with one attached hydrogen (secondary N) is 2. The molecule has 1 amide bonds. The first-order chi connectivity index (χ1) is 13.9. The van der Waals surface area contributed by atoms with Crippen LogP contribution in [0.5, 0.6) is 0 Å². The molecule has 9 heteroatoms. The van der Waals surface area contributed by atoms with Crippen molar-refractivity contribution in [2.75, 3.05) is 11.9 Å². The Labute approximate surface area is 162 Å². The lowest BCUT2D eigenvalue weighted by Crippen LogP contribution is -2.44. The summed E-state index contributed by atoms with van der Waals surface area (Å²) >= 11 is 0. The van der Waals surface area contributed by atoms with Gasteiger partial charge in [-0.3, -0.25) is 34.7 Å². The number of nitro benzene ring substituents is 1. The number of rotatable bonds is 2. The van der Waals surface area contributed by atoms with Crippen LogP contribution in [0.3, 0.4) is 0 Å². The number of non-ortho nitro benzene ring substituents is 1. The molecule has 1 aliphatic heterocycles. The van der Waals surface area contributed by atoms with Gasteiger partial charge in [-0.15, -0.1) is 0 Å². The second-order valence-electron chi connectivity index (χ2n) is 6.45. The van der Waals surface area contributed by atoms with E-state index in [9.17, 15) is 24.5 Å². The first-order valence-corrected chi connectivity index (χ1v) is 8.57. The number of aromatic amines is 2. The number of nitrogens with zero attached hydrogens (tertiary/aromatic N) is 2. The average Bonchev–Trinajstić information content (AvgIpc) is 3.07. The van der Waals surface area contributed by atoms with Gasteiger partial charge >= 0.3 is 0 Å². The predicted octanol–water partition coefficient (Wildman–Crippen LogP) is 0.450. The second kappa shape index (κ2) is 6.71. The minimum Gasteiger partial charge on any atom is -0.310 e. The second-order valence-corrected chi connectivity index (χ2v) is 6.45. The highest BCUT2D eigenvalue weighted by Gasteiger charge is 2.33. The summed E-state index contributed by atoms with van der Waals surface area (Å²) < 4.78 is 0. The Hall–Kier alpha value is -4.27. The van der Waals surface area contributed by atoms with Crippen molar-refractivity contribution >= 4 is 34.7 Å². The Morgan fingerprint density at radius 1 is 1.00 bits per heavy atom. The maximum absolute atomic E-state index is 13.0. The zero-order valence-corrected chi connectivity index (χ0v) is 15.1. The van der Waals surface area contributed by atoms with E-state index in [1.807, 2.05) is 0 Å². The fourth-order valence-corrected chi connectivity index (χ4v) is 3.25. The Kier molecular flexibility index (Phi) is 4.19. The van der Waals surface area contributed by atoms with Gasteiger partial charge in [0.2, 0.25) is 5.78 Å². The summed E-state index contributed by atoms with van der Waals surface area (Å²) in [5.41, 5.74) is 0.589. The van der Waals surface area contributed by atoms with Crippen molar-refractivity contribution in [3.63, 3.8) is 0 Å². The monoisotopic (exact) mass is 390 g/mol. The molecule has 0 saturated heterocycles. The van der Waals surface area contributed by atoms with Crippen LogP contribution in [0.1, 0.15) is 15.9 Å². The lowest BCUT2D eigenvalue weighted by Gasteiger charge is -2.25. The van der Waals surface area contributed by atoms with Crippen LogP contribution in [0.15, 0.2) is 53.3 Å². The quantitative estimate of drug-likeness (QED) is 0.485. The fraction of sp³-hybridized carbons (Fsp3) is 0.0500. The Morgan fingerprint density at radius 2 is 1.69 bits per heavy atom. The van der Waals surface area contributed by atoms with E-state index in [2.05, 4.69) is 10.2 Å². The van der Waals surface area contributed by atoms with Crippen LogP contribution in [0, 0.1) is 10.1 Å². The van der Waals surface area contributed by atoms with E-state index in [4.69, 9.17) is 0 Å². The number of hydrogen-bond donors (Lipinski definition) is 2. The first-order valence-electron chi connectivity index (χ1n) is 8.57. The van der Waals surface area contributed by atoms with Crippen molar-refractivity contribution in [1.82, 2.24) is 10.2 Å². The molecule has 0 unspecified atom stereocenters. The topological polar surface area (TPSA) is 129 Å². The number of para-hydroxylation sites is 1. The van der Waals surface area contributed by atoms with E-state index in [0.717, 1.165) is 0 Å². The van der Waals surface area contributed by atoms with Crippen LogP contribution in [0.2, 0.25) is 0 Å². The third-order valence-electron chi connectivity index (χ3n) is 4.74. The molecule has 2 N–H and O–H groups in total. The molecule has 144 valence electrons. The number of Topliss-reactive ketones (excluding diaryl/α,β-unsaturated/α-hetero) is 1. The van der Waals surface area contributed by atoms with Gasteiger partial charge in [-0.2, -0.15) is 0 Å². The summed E-state index contributed by atoms with van der Waals surface area (Å²) in [4.78, 5) is 49.8. The minimum absolute atomic E-state index is 0.0738. The summed E-state index contributed by atoms with van der Waals surface area (Å²) in [6.07, 6.45) is 1.46. The van der Waals surface area contributed by atoms with E-state index in [0.29, 0.717) is 16.8 Å². The van der Waals surface area contributed by atoms with Crippen LogP contribution in [-0.2, 0) is 4.79 Å². The summed E-state index contributed by atoms with van der Waals surface area (Å²) in [5, 5.41) is 16.0. The molecule has 1 aliphatic rings.